The minimum atomic E-state index is -0.832. The largest absolute Gasteiger partial charge is 0.507 e. The highest BCUT2D eigenvalue weighted by Gasteiger charge is 2.45. The van der Waals surface area contributed by atoms with Crippen LogP contribution in [0.5, 0.6) is 5.75 Å². The van der Waals surface area contributed by atoms with Gasteiger partial charge in [-0.05, 0) is 131 Å². The highest BCUT2D eigenvalue weighted by atomic mass is 32.1. The predicted octanol–water partition coefficient (Wildman–Crippen LogP) is 8.03. The summed E-state index contributed by atoms with van der Waals surface area (Å²) in [5, 5.41) is 41.7. The fourth-order valence-corrected chi connectivity index (χ4v) is 11.2. The van der Waals surface area contributed by atoms with Crippen LogP contribution in [0.3, 0.4) is 0 Å². The van der Waals surface area contributed by atoms with Crippen molar-refractivity contribution in [1.82, 2.24) is 40.6 Å². The lowest BCUT2D eigenvalue weighted by Gasteiger charge is -2.37. The Bertz CT molecular complexity index is 2440. The number of carbonyl (C=O) groups excluding carboxylic acids is 3. The van der Waals surface area contributed by atoms with Gasteiger partial charge in [0.05, 0.1) is 27.9 Å². The molecule has 2 saturated heterocycles. The summed E-state index contributed by atoms with van der Waals surface area (Å²) in [6.45, 7) is 17.9. The topological polar surface area (TPSA) is 202 Å². The lowest BCUT2D eigenvalue weighted by Crippen LogP contribution is -2.58. The van der Waals surface area contributed by atoms with Gasteiger partial charge in [0, 0.05) is 56.0 Å². The number of aliphatic hydroxyl groups excluding tert-OH is 1. The van der Waals surface area contributed by atoms with E-state index >= 15 is 0 Å². The van der Waals surface area contributed by atoms with E-state index in [0.29, 0.717) is 35.5 Å². The number of nitrogens with one attached hydrogen (secondary N) is 2. The molecule has 1 saturated carbocycles. The number of nitrogen functional groups attached to an aromatic ring is 1. The van der Waals surface area contributed by atoms with Crippen LogP contribution in [0.25, 0.3) is 27.3 Å². The monoisotopic (exact) mass is 975 g/mol. The molecule has 6 N–H and O–H groups in total. The maximum Gasteiger partial charge on any atom is 0.246 e. The number of amides is 3. The van der Waals surface area contributed by atoms with Crippen LogP contribution in [0, 0.1) is 30.1 Å². The number of anilines is 1. The fraction of sp³-hybridized carbons (Fsp3) is 0.537. The van der Waals surface area contributed by atoms with Gasteiger partial charge in [-0.25, -0.2) is 4.98 Å². The van der Waals surface area contributed by atoms with Crippen LogP contribution in [-0.4, -0.2) is 116 Å². The number of aliphatic hydroxyl groups is 1. The van der Waals surface area contributed by atoms with Crippen molar-refractivity contribution in [1.29, 1.82) is 0 Å². The molecule has 2 aromatic heterocycles. The molecule has 70 heavy (non-hydrogen) atoms. The number of phenols is 1. The van der Waals surface area contributed by atoms with E-state index in [4.69, 9.17) is 5.73 Å². The molecule has 15 nitrogen and oxygen atoms in total. The molecule has 2 aromatic carbocycles. The zero-order valence-corrected chi connectivity index (χ0v) is 42.6. The molecule has 0 spiro atoms. The number of aromatic hydroxyl groups is 1. The summed E-state index contributed by atoms with van der Waals surface area (Å²) < 4.78 is 0. The number of aromatic nitrogens is 3. The van der Waals surface area contributed by atoms with E-state index < -0.39 is 23.6 Å². The van der Waals surface area contributed by atoms with E-state index in [-0.39, 0.29) is 42.4 Å². The van der Waals surface area contributed by atoms with Crippen molar-refractivity contribution in [2.75, 3.05) is 38.5 Å². The number of piperidine rings is 1. The number of likely N-dealkylation sites (tertiary alicyclic amines) is 2. The lowest BCUT2D eigenvalue weighted by atomic mass is 9.78. The van der Waals surface area contributed by atoms with E-state index in [1.165, 1.54) is 30.6 Å². The van der Waals surface area contributed by atoms with Crippen LogP contribution in [0.15, 0.2) is 71.4 Å². The normalized spacial score (nSPS) is 20.8. The van der Waals surface area contributed by atoms with Crippen LogP contribution in [0.2, 0.25) is 0 Å². The number of hydrazone groups is 1. The number of hydrogen-bond acceptors (Lipinski definition) is 13. The van der Waals surface area contributed by atoms with E-state index in [0.717, 1.165) is 97.5 Å². The molecule has 0 radical (unpaired) electrons. The van der Waals surface area contributed by atoms with E-state index in [1.54, 1.807) is 29.5 Å². The molecule has 16 heteroatoms. The van der Waals surface area contributed by atoms with Crippen molar-refractivity contribution in [3.63, 3.8) is 0 Å². The Labute approximate surface area is 418 Å². The maximum atomic E-state index is 14.2. The Morgan fingerprint density at radius 2 is 1.71 bits per heavy atom. The molecular formula is C54H74N10O5S. The van der Waals surface area contributed by atoms with Gasteiger partial charge in [0.2, 0.25) is 17.7 Å². The molecule has 3 fully saturated rings. The average Bonchev–Trinajstić information content (AvgIpc) is 3.97. The Hall–Kier alpha value is -5.71. The van der Waals surface area contributed by atoms with Crippen molar-refractivity contribution in [2.24, 2.45) is 28.3 Å². The van der Waals surface area contributed by atoms with Gasteiger partial charge in [0.25, 0.3) is 0 Å². The van der Waals surface area contributed by atoms with Gasteiger partial charge in [-0.15, -0.1) is 21.5 Å². The highest BCUT2D eigenvalue weighted by Crippen LogP contribution is 2.35. The fourth-order valence-electron chi connectivity index (χ4n) is 10.3. The number of unbranched alkanes of at least 4 members (excludes halogenated alkanes) is 2. The number of phenolic OH excluding ortho intramolecular Hbond substituents is 1. The molecule has 1 aliphatic carbocycles. The summed E-state index contributed by atoms with van der Waals surface area (Å²) in [6.07, 6.45) is 11.8. The summed E-state index contributed by atoms with van der Waals surface area (Å²) >= 11 is 1.59. The molecule has 3 amide bonds. The van der Waals surface area contributed by atoms with Crippen molar-refractivity contribution in [3.05, 3.63) is 83.1 Å². The third-order valence-electron chi connectivity index (χ3n) is 14.6. The molecular weight excluding hydrogens is 901 g/mol. The van der Waals surface area contributed by atoms with Crippen molar-refractivity contribution in [2.45, 2.75) is 130 Å². The zero-order chi connectivity index (χ0) is 50.0. The second kappa shape index (κ2) is 23.9. The molecule has 0 unspecified atom stereocenters. The number of hydrogen-bond donors (Lipinski definition) is 5. The minimum absolute atomic E-state index is 0.0482. The van der Waals surface area contributed by atoms with Crippen LogP contribution in [0.4, 0.5) is 5.82 Å². The highest BCUT2D eigenvalue weighted by molar-refractivity contribution is 7.13. The Kier molecular flexibility index (Phi) is 17.8. The Morgan fingerprint density at radius 1 is 0.986 bits per heavy atom. The van der Waals surface area contributed by atoms with Gasteiger partial charge in [-0.1, -0.05) is 76.4 Å². The van der Waals surface area contributed by atoms with Crippen LogP contribution >= 0.6 is 11.3 Å². The second-order valence-electron chi connectivity index (χ2n) is 20.9. The maximum absolute atomic E-state index is 14.2. The molecule has 376 valence electrons. The molecule has 0 bridgehead atoms. The van der Waals surface area contributed by atoms with E-state index in [2.05, 4.69) is 42.5 Å². The number of nitrogens with two attached hydrogens (primary N) is 1. The number of benzene rings is 2. The Morgan fingerprint density at radius 3 is 2.39 bits per heavy atom. The van der Waals surface area contributed by atoms with Crippen molar-refractivity contribution >= 4 is 47.2 Å². The number of nitrogens with zero attached hydrogens (tertiary/aromatic N) is 7. The first-order valence-corrected chi connectivity index (χ1v) is 26.1. The van der Waals surface area contributed by atoms with Gasteiger partial charge >= 0.3 is 0 Å². The zero-order valence-electron chi connectivity index (χ0n) is 41.8. The number of thiazole rings is 1. The molecule has 7 rings (SSSR count). The standard InChI is InChI=1S/C54H74N10O5S/c1-35(44-29-45(60-61-50(44)55)43-13-9-10-14-47(43)66)31-63(56-6)32-39-23-26-62(27-24-39)25-11-7-8-12-37-15-21-41(22-16-37)51(67)59-49(54(3,4)5)53(69)64-33-42(65)28-46(64)52(68)57-30-38-17-19-40(20-18-38)48-36(2)58-34-70-48/h9-10,13-14,17-20,29,31,34,37,39,41-42,46,49,65-66H,6-8,11-12,15-16,21-28,30,32-33H2,1-5H3,(H2,55,61)(H,57,68)(H,59,67)/b35-31+/t37-,41-,42-,46+,49-/m1/s1. The lowest BCUT2D eigenvalue weighted by molar-refractivity contribution is -0.144. The summed E-state index contributed by atoms with van der Waals surface area (Å²) in [5.41, 5.74) is 13.2. The molecule has 3 aliphatic rings. The first-order chi connectivity index (χ1) is 33.6. The second-order valence-corrected chi connectivity index (χ2v) is 21.7. The third-order valence-corrected chi connectivity index (χ3v) is 15.6. The van der Waals surface area contributed by atoms with Crippen LogP contribution in [0.1, 0.15) is 115 Å². The first kappa shape index (κ1) is 52.1. The van der Waals surface area contributed by atoms with Gasteiger partial charge < -0.3 is 36.4 Å². The van der Waals surface area contributed by atoms with Crippen LogP contribution in [-0.2, 0) is 20.9 Å². The van der Waals surface area contributed by atoms with E-state index in [9.17, 15) is 24.6 Å². The quantitative estimate of drug-likeness (QED) is 0.0346. The first-order valence-electron chi connectivity index (χ1n) is 25.2. The van der Waals surface area contributed by atoms with Gasteiger partial charge in [-0.2, -0.15) is 5.10 Å². The smallest absolute Gasteiger partial charge is 0.246 e. The number of aryl methyl sites for hydroxylation is 1. The number of carbonyl (C=O) groups is 3. The molecule has 4 heterocycles. The van der Waals surface area contributed by atoms with Gasteiger partial charge in [0.15, 0.2) is 5.82 Å². The molecule has 3 atom stereocenters. The van der Waals surface area contributed by atoms with Gasteiger partial charge in [0.1, 0.15) is 17.8 Å². The number of para-hydroxylation sites is 1. The third kappa shape index (κ3) is 13.6. The average molecular weight is 975 g/mol. The molecule has 2 aliphatic heterocycles. The molecule has 4 aromatic rings. The van der Waals surface area contributed by atoms with Gasteiger partial charge in [-0.3, -0.25) is 19.4 Å². The van der Waals surface area contributed by atoms with E-state index in [1.807, 2.05) is 87.7 Å². The van der Waals surface area contributed by atoms with Crippen molar-refractivity contribution in [3.8, 4) is 27.4 Å². The number of rotatable bonds is 19. The number of β-amino-alcohol motifs (C(OH)–C–C–N with tert-alkyl or cyclic N) is 1. The van der Waals surface area contributed by atoms with Crippen molar-refractivity contribution < 1.29 is 24.6 Å². The SMILES string of the molecule is C=NN(/C=C(\C)c1cc(-c2ccccc2O)nnc1N)CC1CCN(CCCCC[C@H]2CC[C@H](C(=O)N[C@H](C(=O)N3C[C@H](O)C[C@H]3C(=O)NCc3ccc(-c4scnc4C)cc3)C(C)(C)C)CC2)CC1. The summed E-state index contributed by atoms with van der Waals surface area (Å²) in [4.78, 5) is 51.1. The minimum Gasteiger partial charge on any atom is -0.507 e. The summed E-state index contributed by atoms with van der Waals surface area (Å²) in [6, 6.07) is 15.2. The summed E-state index contributed by atoms with van der Waals surface area (Å²) in [5.74, 6) is 0.664. The van der Waals surface area contributed by atoms with Crippen LogP contribution < -0.4 is 16.4 Å². The number of allylic oxidation sites excluding steroid dienone is 1. The summed E-state index contributed by atoms with van der Waals surface area (Å²) in [7, 11) is 0. The predicted molar refractivity (Wildman–Crippen MR) is 278 cm³/mol. The Balaban J connectivity index is 0.791.